The van der Waals surface area contributed by atoms with Crippen molar-refractivity contribution in [2.45, 2.75) is 12.1 Å². The van der Waals surface area contributed by atoms with Gasteiger partial charge in [0.2, 0.25) is 0 Å². The number of hydrogen-bond acceptors (Lipinski definition) is 4. The van der Waals surface area contributed by atoms with Gasteiger partial charge in [0.1, 0.15) is 6.33 Å². The molecule has 26 heavy (non-hydrogen) atoms. The summed E-state index contributed by atoms with van der Waals surface area (Å²) in [5.74, 6) is 0.340. The third kappa shape index (κ3) is 3.13. The van der Waals surface area contributed by atoms with Gasteiger partial charge >= 0.3 is 0 Å². The van der Waals surface area contributed by atoms with E-state index in [9.17, 15) is 4.79 Å². The molecule has 0 radical (unpaired) electrons. The lowest BCUT2D eigenvalue weighted by Gasteiger charge is -2.06. The van der Waals surface area contributed by atoms with Crippen molar-refractivity contribution < 1.29 is 4.79 Å². The Morgan fingerprint density at radius 1 is 1.23 bits per heavy atom. The fourth-order valence-electron chi connectivity index (χ4n) is 2.96. The van der Waals surface area contributed by atoms with E-state index in [-0.39, 0.29) is 11.5 Å². The summed E-state index contributed by atoms with van der Waals surface area (Å²) in [6.07, 6.45) is 1.62. The quantitative estimate of drug-likeness (QED) is 0.402. The molecule has 4 rings (SSSR count). The first-order valence-corrected chi connectivity index (χ1v) is 9.39. The fourth-order valence-corrected chi connectivity index (χ4v) is 3.95. The third-order valence-corrected chi connectivity index (χ3v) is 5.29. The van der Waals surface area contributed by atoms with Gasteiger partial charge < -0.3 is 4.98 Å². The Balaban J connectivity index is 1.57. The molecule has 0 bridgehead atoms. The first-order valence-electron chi connectivity index (χ1n) is 8.03. The molecular formula is C19H15ClN4OS. The average Bonchev–Trinajstić information content (AvgIpc) is 3.23. The highest BCUT2D eigenvalue weighted by atomic mass is 35.5. The molecule has 4 aromatic rings. The van der Waals surface area contributed by atoms with Gasteiger partial charge in [0.05, 0.1) is 11.4 Å². The number of nitrogens with zero attached hydrogens (tertiary/aromatic N) is 3. The summed E-state index contributed by atoms with van der Waals surface area (Å²) in [7, 11) is 0. The topological polar surface area (TPSA) is 63.6 Å². The van der Waals surface area contributed by atoms with Crippen molar-refractivity contribution in [3.05, 3.63) is 71.1 Å². The number of H-pyrrole nitrogens is 1. The number of rotatable bonds is 5. The van der Waals surface area contributed by atoms with Gasteiger partial charge in [-0.2, -0.15) is 0 Å². The number of fused-ring (bicyclic) bond motifs is 1. The zero-order chi connectivity index (χ0) is 18.1. The largest absolute Gasteiger partial charge is 0.358 e. The normalized spacial score (nSPS) is 11.2. The molecule has 0 spiro atoms. The molecule has 5 nitrogen and oxygen atoms in total. The molecule has 2 aromatic carbocycles. The Kier molecular flexibility index (Phi) is 4.53. The predicted molar refractivity (Wildman–Crippen MR) is 104 cm³/mol. The monoisotopic (exact) mass is 382 g/mol. The van der Waals surface area contributed by atoms with E-state index in [0.717, 1.165) is 27.8 Å². The Labute approximate surface area is 159 Å². The van der Waals surface area contributed by atoms with E-state index in [1.807, 2.05) is 60.0 Å². The lowest BCUT2D eigenvalue weighted by Crippen LogP contribution is -2.05. The van der Waals surface area contributed by atoms with Crippen molar-refractivity contribution in [1.82, 2.24) is 19.7 Å². The van der Waals surface area contributed by atoms with E-state index >= 15 is 0 Å². The molecule has 0 saturated carbocycles. The van der Waals surface area contributed by atoms with Gasteiger partial charge in [0.15, 0.2) is 10.9 Å². The molecule has 0 aliphatic carbocycles. The van der Waals surface area contributed by atoms with Crippen molar-refractivity contribution in [3.8, 4) is 5.69 Å². The van der Waals surface area contributed by atoms with Crippen molar-refractivity contribution in [1.29, 1.82) is 0 Å². The van der Waals surface area contributed by atoms with E-state index in [0.29, 0.717) is 10.2 Å². The van der Waals surface area contributed by atoms with E-state index in [2.05, 4.69) is 15.2 Å². The lowest BCUT2D eigenvalue weighted by atomic mass is 10.1. The highest BCUT2D eigenvalue weighted by Crippen LogP contribution is 2.26. The SMILES string of the molecule is Cc1[nH]c2ccccc2c1C(=O)CSc1nncn1-c1cccc(Cl)c1. The summed E-state index contributed by atoms with van der Waals surface area (Å²) in [5.41, 5.74) is 3.45. The predicted octanol–water partition coefficient (Wildman–Crippen LogP) is 4.69. The molecular weight excluding hydrogens is 368 g/mol. The summed E-state index contributed by atoms with van der Waals surface area (Å²) in [5, 5.41) is 10.3. The van der Waals surface area contributed by atoms with E-state index in [4.69, 9.17) is 11.6 Å². The summed E-state index contributed by atoms with van der Waals surface area (Å²) in [4.78, 5) is 16.1. The molecule has 0 unspecified atom stereocenters. The minimum Gasteiger partial charge on any atom is -0.358 e. The first-order chi connectivity index (χ1) is 12.6. The van der Waals surface area contributed by atoms with Crippen LogP contribution in [0, 0.1) is 6.92 Å². The Hall–Kier alpha value is -2.57. The second-order valence-corrected chi connectivity index (χ2v) is 7.22. The Morgan fingerprint density at radius 2 is 2.08 bits per heavy atom. The average molecular weight is 383 g/mol. The second-order valence-electron chi connectivity index (χ2n) is 5.85. The molecule has 0 fully saturated rings. The van der Waals surface area contributed by atoms with Gasteiger partial charge in [-0.1, -0.05) is 47.6 Å². The van der Waals surface area contributed by atoms with E-state index in [1.54, 1.807) is 6.33 Å². The van der Waals surface area contributed by atoms with Crippen LogP contribution >= 0.6 is 23.4 Å². The van der Waals surface area contributed by atoms with Gasteiger partial charge in [-0.3, -0.25) is 9.36 Å². The van der Waals surface area contributed by atoms with Gasteiger partial charge in [0, 0.05) is 27.2 Å². The van der Waals surface area contributed by atoms with E-state index < -0.39 is 0 Å². The van der Waals surface area contributed by atoms with Gasteiger partial charge in [-0.25, -0.2) is 0 Å². The summed E-state index contributed by atoms with van der Waals surface area (Å²) >= 11 is 7.42. The molecule has 0 amide bonds. The summed E-state index contributed by atoms with van der Waals surface area (Å²) < 4.78 is 1.83. The van der Waals surface area contributed by atoms with Crippen LogP contribution in [-0.2, 0) is 0 Å². The van der Waals surface area contributed by atoms with Crippen molar-refractivity contribution in [3.63, 3.8) is 0 Å². The number of thioether (sulfide) groups is 1. The molecule has 0 aliphatic rings. The molecule has 7 heteroatoms. The van der Waals surface area contributed by atoms with Crippen LogP contribution in [0.1, 0.15) is 16.1 Å². The first kappa shape index (κ1) is 16.9. The van der Waals surface area contributed by atoms with Gasteiger partial charge in [-0.15, -0.1) is 10.2 Å². The number of Topliss-reactive ketones (excluding diaryl/α,β-unsaturated/α-hetero) is 1. The number of aromatic nitrogens is 4. The molecule has 0 saturated heterocycles. The van der Waals surface area contributed by atoms with Crippen LogP contribution in [0.3, 0.4) is 0 Å². The van der Waals surface area contributed by atoms with Crippen LogP contribution in [0.4, 0.5) is 0 Å². The standard InChI is InChI=1S/C19H15ClN4OS/c1-12-18(15-7-2-3-8-16(15)22-12)17(25)10-26-19-23-21-11-24(19)14-6-4-5-13(20)9-14/h2-9,11,22H,10H2,1H3. The maximum atomic E-state index is 12.8. The van der Waals surface area contributed by atoms with Gasteiger partial charge in [-0.05, 0) is 31.2 Å². The summed E-state index contributed by atoms with van der Waals surface area (Å²) in [6, 6.07) is 15.3. The summed E-state index contributed by atoms with van der Waals surface area (Å²) in [6.45, 7) is 1.92. The fraction of sp³-hybridized carbons (Fsp3) is 0.105. The third-order valence-electron chi connectivity index (χ3n) is 4.11. The van der Waals surface area contributed by atoms with Crippen molar-refractivity contribution in [2.75, 3.05) is 5.75 Å². The Bertz CT molecular complexity index is 1100. The van der Waals surface area contributed by atoms with Crippen LogP contribution in [-0.4, -0.2) is 31.3 Å². The van der Waals surface area contributed by atoms with Crippen LogP contribution in [0.5, 0.6) is 0 Å². The number of carbonyl (C=O) groups excluding carboxylic acids is 1. The number of benzene rings is 2. The number of aryl methyl sites for hydroxylation is 1. The van der Waals surface area contributed by atoms with Crippen LogP contribution in [0.15, 0.2) is 60.0 Å². The van der Waals surface area contributed by atoms with Crippen LogP contribution in [0.2, 0.25) is 5.02 Å². The molecule has 0 aliphatic heterocycles. The Morgan fingerprint density at radius 3 is 2.92 bits per heavy atom. The minimum atomic E-state index is 0.0607. The molecule has 130 valence electrons. The highest BCUT2D eigenvalue weighted by Gasteiger charge is 2.17. The number of nitrogens with one attached hydrogen (secondary N) is 1. The molecule has 2 heterocycles. The maximum Gasteiger partial charge on any atom is 0.196 e. The minimum absolute atomic E-state index is 0.0607. The number of aromatic amines is 1. The van der Waals surface area contributed by atoms with E-state index in [1.165, 1.54) is 11.8 Å². The number of para-hydroxylation sites is 1. The number of carbonyl (C=O) groups is 1. The van der Waals surface area contributed by atoms with Crippen molar-refractivity contribution >= 4 is 40.0 Å². The van der Waals surface area contributed by atoms with Crippen LogP contribution < -0.4 is 0 Å². The number of ketones is 1. The zero-order valence-electron chi connectivity index (χ0n) is 13.9. The molecule has 0 atom stereocenters. The molecule has 1 N–H and O–H groups in total. The van der Waals surface area contributed by atoms with Gasteiger partial charge in [0.25, 0.3) is 0 Å². The second kappa shape index (κ2) is 6.97. The lowest BCUT2D eigenvalue weighted by molar-refractivity contribution is 0.102. The number of halogens is 1. The molecule has 2 aromatic heterocycles. The highest BCUT2D eigenvalue weighted by molar-refractivity contribution is 7.99. The smallest absolute Gasteiger partial charge is 0.196 e. The zero-order valence-corrected chi connectivity index (χ0v) is 15.5. The maximum absolute atomic E-state index is 12.8. The van der Waals surface area contributed by atoms with Crippen molar-refractivity contribution in [2.24, 2.45) is 0 Å². The van der Waals surface area contributed by atoms with Crippen LogP contribution in [0.25, 0.3) is 16.6 Å². The number of hydrogen-bond donors (Lipinski definition) is 1.